The topological polar surface area (TPSA) is 98.0 Å². The second-order valence-corrected chi connectivity index (χ2v) is 13.6. The van der Waals surface area contributed by atoms with Gasteiger partial charge in [-0.25, -0.2) is 22.4 Å². The summed E-state index contributed by atoms with van der Waals surface area (Å²) < 4.78 is 28.3. The molecule has 4 aromatic heterocycles. The summed E-state index contributed by atoms with van der Waals surface area (Å²) in [5.41, 5.74) is 3.45. The number of thiazole rings is 1. The monoisotopic (exact) mass is 578 g/mol. The molecule has 0 saturated carbocycles. The summed E-state index contributed by atoms with van der Waals surface area (Å²) in [6.07, 6.45) is 5.64. The third-order valence-corrected chi connectivity index (χ3v) is 10.5. The van der Waals surface area contributed by atoms with Crippen molar-refractivity contribution in [3.05, 3.63) is 120 Å². The fraction of sp³-hybridized carbons (Fsp3) is 0.156. The van der Waals surface area contributed by atoms with Gasteiger partial charge in [-0.1, -0.05) is 56.3 Å². The maximum atomic E-state index is 13.5. The quantitative estimate of drug-likeness (QED) is 0.259. The van der Waals surface area contributed by atoms with Crippen molar-refractivity contribution in [1.82, 2.24) is 18.9 Å². The molecule has 0 bridgehead atoms. The fourth-order valence-corrected chi connectivity index (χ4v) is 8.08. The van der Waals surface area contributed by atoms with Crippen LogP contribution in [0.4, 0.5) is 0 Å². The van der Waals surface area contributed by atoms with E-state index in [1.807, 2.05) is 47.8 Å². The summed E-state index contributed by atoms with van der Waals surface area (Å²) in [5, 5.41) is 15.5. The van der Waals surface area contributed by atoms with Crippen molar-refractivity contribution in [3.8, 4) is 21.8 Å². The van der Waals surface area contributed by atoms with Gasteiger partial charge in [-0.2, -0.15) is 0 Å². The average molecular weight is 579 g/mol. The Bertz CT molecular complexity index is 2050. The summed E-state index contributed by atoms with van der Waals surface area (Å²) in [6.45, 7) is 4.13. The maximum absolute atomic E-state index is 13.5. The third-order valence-electron chi connectivity index (χ3n) is 7.99. The fourth-order valence-electron chi connectivity index (χ4n) is 5.88. The first-order chi connectivity index (χ1) is 19.7. The lowest BCUT2D eigenvalue weighted by Gasteiger charge is -2.37. The lowest BCUT2D eigenvalue weighted by molar-refractivity contribution is -0.0240. The number of fused-ring (bicyclic) bond motifs is 2. The van der Waals surface area contributed by atoms with E-state index in [0.717, 1.165) is 28.8 Å². The van der Waals surface area contributed by atoms with Gasteiger partial charge in [0.2, 0.25) is 0 Å². The summed E-state index contributed by atoms with van der Waals surface area (Å²) in [6, 6.07) is 23.7. The smallest absolute Gasteiger partial charge is 0.269 e. The molecule has 0 fully saturated rings. The molecule has 0 radical (unpaired) electrons. The number of benzene rings is 2. The molecule has 1 aliphatic rings. The number of pyridine rings is 2. The van der Waals surface area contributed by atoms with Crippen molar-refractivity contribution >= 4 is 32.4 Å². The van der Waals surface area contributed by atoms with Gasteiger partial charge >= 0.3 is 0 Å². The minimum absolute atomic E-state index is 0.189. The van der Waals surface area contributed by atoms with Gasteiger partial charge in [0.05, 0.1) is 16.3 Å². The highest BCUT2D eigenvalue weighted by Gasteiger charge is 2.53. The van der Waals surface area contributed by atoms with E-state index in [1.54, 1.807) is 55.0 Å². The van der Waals surface area contributed by atoms with Crippen LogP contribution >= 0.6 is 11.3 Å². The SMILES string of the molecule is CC1(C)Cc2cccnc2C1(O)c1cccc(-c2csc(-c3cn(S(=O)(=O)c4ccccc4)c4ncccc34)n2)c1. The van der Waals surface area contributed by atoms with Gasteiger partial charge in [-0.15, -0.1) is 11.3 Å². The van der Waals surface area contributed by atoms with E-state index >= 15 is 0 Å². The van der Waals surface area contributed by atoms with E-state index in [1.165, 1.54) is 15.3 Å². The number of hydrogen-bond acceptors (Lipinski definition) is 7. The van der Waals surface area contributed by atoms with Gasteiger partial charge in [0.1, 0.15) is 10.6 Å². The predicted octanol–water partition coefficient (Wildman–Crippen LogP) is 6.28. The largest absolute Gasteiger partial charge is 0.378 e. The minimum atomic E-state index is -3.86. The van der Waals surface area contributed by atoms with Gasteiger partial charge in [0, 0.05) is 45.9 Å². The molecule has 1 aliphatic carbocycles. The number of nitrogens with zero attached hydrogens (tertiary/aromatic N) is 4. The number of aliphatic hydroxyl groups is 1. The van der Waals surface area contributed by atoms with Crippen LogP contribution in [0, 0.1) is 5.41 Å². The Morgan fingerprint density at radius 2 is 1.71 bits per heavy atom. The Balaban J connectivity index is 1.31. The molecule has 6 aromatic rings. The second-order valence-electron chi connectivity index (χ2n) is 10.9. The number of rotatable bonds is 5. The Morgan fingerprint density at radius 1 is 0.927 bits per heavy atom. The number of hydrogen-bond donors (Lipinski definition) is 1. The van der Waals surface area contributed by atoms with Crippen LogP contribution in [0.15, 0.2) is 108 Å². The second kappa shape index (κ2) is 9.17. The van der Waals surface area contributed by atoms with E-state index in [0.29, 0.717) is 27.3 Å². The molecule has 9 heteroatoms. The molecular weight excluding hydrogens is 553 g/mol. The lowest BCUT2D eigenvalue weighted by Crippen LogP contribution is -2.40. The third kappa shape index (κ3) is 3.88. The van der Waals surface area contributed by atoms with Crippen molar-refractivity contribution in [2.75, 3.05) is 0 Å². The van der Waals surface area contributed by atoms with E-state index < -0.39 is 21.0 Å². The zero-order valence-corrected chi connectivity index (χ0v) is 24.0. The Morgan fingerprint density at radius 3 is 2.54 bits per heavy atom. The number of aromatic nitrogens is 4. The summed E-state index contributed by atoms with van der Waals surface area (Å²) >= 11 is 1.44. The predicted molar refractivity (Wildman–Crippen MR) is 160 cm³/mol. The molecule has 1 atom stereocenters. The van der Waals surface area contributed by atoms with Crippen molar-refractivity contribution in [1.29, 1.82) is 0 Å². The maximum Gasteiger partial charge on any atom is 0.269 e. The molecule has 204 valence electrons. The molecule has 41 heavy (non-hydrogen) atoms. The van der Waals surface area contributed by atoms with Gasteiger partial charge in [0.25, 0.3) is 10.0 Å². The van der Waals surface area contributed by atoms with E-state index in [4.69, 9.17) is 4.98 Å². The molecule has 0 saturated heterocycles. The standard InChI is InChI=1S/C32H26N4O3S2/c1-31(2)18-22-10-7-15-33-28(22)32(31,37)23-11-6-9-21(17-23)27-20-40-30(35-27)26-19-36(29-25(26)14-8-16-34-29)41(38,39)24-12-4-3-5-13-24/h3-17,19-20,37H,18H2,1-2H3. The molecule has 0 aliphatic heterocycles. The van der Waals surface area contributed by atoms with Crippen LogP contribution in [-0.4, -0.2) is 32.4 Å². The van der Waals surface area contributed by atoms with Crippen LogP contribution in [-0.2, 0) is 22.0 Å². The van der Waals surface area contributed by atoms with Crippen LogP contribution in [0.3, 0.4) is 0 Å². The van der Waals surface area contributed by atoms with Crippen LogP contribution in [0.1, 0.15) is 30.7 Å². The average Bonchev–Trinajstić information content (AvgIpc) is 3.68. The van der Waals surface area contributed by atoms with Gasteiger partial charge in [-0.05, 0) is 53.9 Å². The molecule has 0 spiro atoms. The lowest BCUT2D eigenvalue weighted by atomic mass is 9.72. The molecule has 1 unspecified atom stereocenters. The van der Waals surface area contributed by atoms with Crippen LogP contribution in [0.5, 0.6) is 0 Å². The zero-order chi connectivity index (χ0) is 28.4. The first-order valence-electron chi connectivity index (χ1n) is 13.2. The Labute approximate surface area is 241 Å². The Kier molecular flexibility index (Phi) is 5.76. The van der Waals surface area contributed by atoms with Crippen molar-refractivity contribution in [3.63, 3.8) is 0 Å². The molecule has 0 amide bonds. The van der Waals surface area contributed by atoms with Crippen molar-refractivity contribution in [2.24, 2.45) is 5.41 Å². The molecule has 7 nitrogen and oxygen atoms in total. The highest BCUT2D eigenvalue weighted by atomic mass is 32.2. The summed E-state index contributed by atoms with van der Waals surface area (Å²) in [4.78, 5) is 14.1. The molecule has 2 aromatic carbocycles. The van der Waals surface area contributed by atoms with Gasteiger partial charge < -0.3 is 5.11 Å². The van der Waals surface area contributed by atoms with Gasteiger partial charge in [-0.3, -0.25) is 4.98 Å². The highest BCUT2D eigenvalue weighted by molar-refractivity contribution is 7.90. The summed E-state index contributed by atoms with van der Waals surface area (Å²) in [5.74, 6) is 0. The first-order valence-corrected chi connectivity index (χ1v) is 15.5. The summed E-state index contributed by atoms with van der Waals surface area (Å²) in [7, 11) is -3.86. The van der Waals surface area contributed by atoms with Crippen LogP contribution in [0.2, 0.25) is 0 Å². The van der Waals surface area contributed by atoms with Crippen LogP contribution in [0.25, 0.3) is 32.9 Å². The van der Waals surface area contributed by atoms with E-state index in [-0.39, 0.29) is 4.90 Å². The Hall–Kier alpha value is -4.18. The van der Waals surface area contributed by atoms with Crippen molar-refractivity contribution < 1.29 is 13.5 Å². The molecule has 1 N–H and O–H groups in total. The van der Waals surface area contributed by atoms with Crippen LogP contribution < -0.4 is 0 Å². The van der Waals surface area contributed by atoms with E-state index in [2.05, 4.69) is 23.8 Å². The molecular formula is C32H26N4O3S2. The minimum Gasteiger partial charge on any atom is -0.378 e. The van der Waals surface area contributed by atoms with Crippen molar-refractivity contribution in [2.45, 2.75) is 30.8 Å². The molecule has 7 rings (SSSR count). The van der Waals surface area contributed by atoms with Gasteiger partial charge in [0.15, 0.2) is 5.65 Å². The van der Waals surface area contributed by atoms with E-state index in [9.17, 15) is 13.5 Å². The zero-order valence-electron chi connectivity index (χ0n) is 22.4. The normalized spacial score (nSPS) is 18.0. The first kappa shape index (κ1) is 25.8. The highest BCUT2D eigenvalue weighted by Crippen LogP contribution is 2.53. The molecule has 4 heterocycles.